The minimum Gasteiger partial charge on any atom is -0.455 e. The van der Waals surface area contributed by atoms with Crippen LogP contribution >= 0.6 is 0 Å². The Morgan fingerprint density at radius 1 is 0.333 bits per heavy atom. The zero-order valence-corrected chi connectivity index (χ0v) is 31.5. The van der Waals surface area contributed by atoms with Gasteiger partial charge in [0.15, 0.2) is 0 Å². The van der Waals surface area contributed by atoms with E-state index in [1.165, 1.54) is 60.1 Å². The highest BCUT2D eigenvalue weighted by Crippen LogP contribution is 2.42. The third kappa shape index (κ3) is 5.65. The van der Waals surface area contributed by atoms with Crippen molar-refractivity contribution in [3.05, 3.63) is 212 Å². The Labute approximate surface area is 331 Å². The van der Waals surface area contributed by atoms with Gasteiger partial charge >= 0.3 is 0 Å². The molecule has 0 N–H and O–H groups in total. The normalized spacial score (nSPS) is 11.6. The van der Waals surface area contributed by atoms with E-state index in [0.29, 0.717) is 0 Å². The van der Waals surface area contributed by atoms with Gasteiger partial charge in [-0.1, -0.05) is 164 Å². The summed E-state index contributed by atoms with van der Waals surface area (Å²) in [6.45, 7) is 2.22. The van der Waals surface area contributed by atoms with Crippen molar-refractivity contribution in [3.8, 4) is 33.4 Å². The van der Waals surface area contributed by atoms with Crippen LogP contribution in [0, 0.1) is 6.92 Å². The van der Waals surface area contributed by atoms with Crippen LogP contribution in [0.5, 0.6) is 0 Å². The van der Waals surface area contributed by atoms with Gasteiger partial charge in [-0.25, -0.2) is 0 Å². The van der Waals surface area contributed by atoms with Crippen LogP contribution in [0.15, 0.2) is 211 Å². The predicted octanol–water partition coefficient (Wildman–Crippen LogP) is 15.8. The molecule has 11 rings (SSSR count). The van der Waals surface area contributed by atoms with E-state index in [-0.39, 0.29) is 0 Å². The first-order chi connectivity index (χ1) is 28.2. The largest absolute Gasteiger partial charge is 0.455 e. The molecule has 0 atom stereocenters. The molecular formula is C55H37NO. The van der Waals surface area contributed by atoms with Gasteiger partial charge in [-0.15, -0.1) is 0 Å². The Hall–Kier alpha value is -7.42. The van der Waals surface area contributed by atoms with Gasteiger partial charge in [0.05, 0.1) is 0 Å². The fourth-order valence-corrected chi connectivity index (χ4v) is 8.75. The molecular weight excluding hydrogens is 691 g/mol. The Morgan fingerprint density at radius 2 is 0.860 bits per heavy atom. The summed E-state index contributed by atoms with van der Waals surface area (Å²) >= 11 is 0. The van der Waals surface area contributed by atoms with E-state index < -0.39 is 0 Å². The number of hydrogen-bond acceptors (Lipinski definition) is 2. The maximum Gasteiger partial charge on any atom is 0.143 e. The maximum absolute atomic E-state index is 6.43. The predicted molar refractivity (Wildman–Crippen MR) is 242 cm³/mol. The van der Waals surface area contributed by atoms with Crippen LogP contribution in [0.3, 0.4) is 0 Å². The first-order valence-electron chi connectivity index (χ1n) is 19.6. The van der Waals surface area contributed by atoms with E-state index in [9.17, 15) is 0 Å². The summed E-state index contributed by atoms with van der Waals surface area (Å²) in [5, 5.41) is 9.83. The lowest BCUT2D eigenvalue weighted by molar-refractivity contribution is 0.670. The van der Waals surface area contributed by atoms with E-state index in [0.717, 1.165) is 50.1 Å². The highest BCUT2D eigenvalue weighted by Gasteiger charge is 2.18. The number of rotatable bonds is 6. The second kappa shape index (κ2) is 13.4. The topological polar surface area (TPSA) is 16.4 Å². The summed E-state index contributed by atoms with van der Waals surface area (Å²) in [6, 6.07) is 74.5. The molecule has 0 unspecified atom stereocenters. The van der Waals surface area contributed by atoms with E-state index in [2.05, 4.69) is 206 Å². The van der Waals surface area contributed by atoms with Crippen molar-refractivity contribution in [2.24, 2.45) is 0 Å². The standard InChI is InChI=1S/C55H37NO/c1-36-34-45(35-53-46(36)33-28-40-11-3-5-14-49(40)53)56(44-31-26-42(27-32-44)50-17-9-18-52-51-15-6-7-19-54(51)57-55(50)52)43-29-24-38(25-30-43)37-20-22-41(23-21-37)48-16-8-12-39-10-2-4-13-47(39)48/h2-35H,1H3. The number of nitrogens with zero attached hydrogens (tertiary/aromatic N) is 1. The van der Waals surface area contributed by atoms with Gasteiger partial charge < -0.3 is 9.32 Å². The van der Waals surface area contributed by atoms with Crippen molar-refractivity contribution >= 4 is 71.3 Å². The second-order valence-electron chi connectivity index (χ2n) is 15.0. The summed E-state index contributed by atoms with van der Waals surface area (Å²) in [4.78, 5) is 2.38. The molecule has 0 saturated heterocycles. The molecule has 10 aromatic carbocycles. The highest BCUT2D eigenvalue weighted by molar-refractivity contribution is 6.11. The first-order valence-corrected chi connectivity index (χ1v) is 19.6. The Balaban J connectivity index is 1.00. The number of para-hydroxylation sites is 2. The van der Waals surface area contributed by atoms with Crippen LogP contribution in [0.4, 0.5) is 17.1 Å². The van der Waals surface area contributed by atoms with Crippen LogP contribution in [0.25, 0.3) is 87.6 Å². The molecule has 0 amide bonds. The van der Waals surface area contributed by atoms with E-state index in [1.54, 1.807) is 0 Å². The quantitative estimate of drug-likeness (QED) is 0.159. The third-order valence-corrected chi connectivity index (χ3v) is 11.6. The molecule has 0 fully saturated rings. The van der Waals surface area contributed by atoms with Crippen LogP contribution in [0.1, 0.15) is 5.56 Å². The van der Waals surface area contributed by atoms with E-state index >= 15 is 0 Å². The first kappa shape index (κ1) is 33.0. The monoisotopic (exact) mass is 727 g/mol. The molecule has 0 spiro atoms. The van der Waals surface area contributed by atoms with Crippen molar-refractivity contribution in [1.82, 2.24) is 0 Å². The molecule has 1 heterocycles. The number of anilines is 3. The molecule has 0 aliphatic rings. The molecule has 268 valence electrons. The van der Waals surface area contributed by atoms with Gasteiger partial charge in [0.1, 0.15) is 11.2 Å². The van der Waals surface area contributed by atoms with Crippen molar-refractivity contribution in [2.45, 2.75) is 6.92 Å². The van der Waals surface area contributed by atoms with Gasteiger partial charge in [0.2, 0.25) is 0 Å². The molecule has 2 nitrogen and oxygen atoms in total. The smallest absolute Gasteiger partial charge is 0.143 e. The van der Waals surface area contributed by atoms with Crippen molar-refractivity contribution in [1.29, 1.82) is 0 Å². The fraction of sp³-hybridized carbons (Fsp3) is 0.0182. The van der Waals surface area contributed by atoms with Crippen molar-refractivity contribution in [3.63, 3.8) is 0 Å². The molecule has 0 saturated carbocycles. The number of benzene rings is 10. The minimum absolute atomic E-state index is 0.908. The SMILES string of the molecule is Cc1cc(N(c2ccc(-c3ccc(-c4cccc5ccccc45)cc3)cc2)c2ccc(-c3cccc4c3oc3ccccc34)cc2)cc2c1ccc1ccccc12. The summed E-state index contributed by atoms with van der Waals surface area (Å²) in [6.07, 6.45) is 0. The molecule has 0 aliphatic heterocycles. The summed E-state index contributed by atoms with van der Waals surface area (Å²) < 4.78 is 6.43. The zero-order chi connectivity index (χ0) is 37.9. The van der Waals surface area contributed by atoms with Gasteiger partial charge in [0.25, 0.3) is 0 Å². The Morgan fingerprint density at radius 3 is 1.61 bits per heavy atom. The van der Waals surface area contributed by atoms with Crippen LogP contribution < -0.4 is 4.90 Å². The molecule has 1 aromatic heterocycles. The summed E-state index contributed by atoms with van der Waals surface area (Å²) in [7, 11) is 0. The van der Waals surface area contributed by atoms with Gasteiger partial charge in [-0.05, 0) is 115 Å². The average Bonchev–Trinajstić information content (AvgIpc) is 3.66. The van der Waals surface area contributed by atoms with Crippen LogP contribution in [0.2, 0.25) is 0 Å². The lowest BCUT2D eigenvalue weighted by Crippen LogP contribution is -2.10. The van der Waals surface area contributed by atoms with Gasteiger partial charge in [-0.2, -0.15) is 0 Å². The number of aryl methyl sites for hydroxylation is 1. The van der Waals surface area contributed by atoms with Crippen LogP contribution in [-0.4, -0.2) is 0 Å². The third-order valence-electron chi connectivity index (χ3n) is 11.6. The molecule has 57 heavy (non-hydrogen) atoms. The number of furan rings is 1. The van der Waals surface area contributed by atoms with Gasteiger partial charge in [0, 0.05) is 33.4 Å². The molecule has 0 bridgehead atoms. The lowest BCUT2D eigenvalue weighted by Gasteiger charge is -2.27. The highest BCUT2D eigenvalue weighted by atomic mass is 16.3. The average molecular weight is 728 g/mol. The minimum atomic E-state index is 0.908. The Kier molecular flexibility index (Phi) is 7.75. The molecule has 11 aromatic rings. The zero-order valence-electron chi connectivity index (χ0n) is 31.5. The van der Waals surface area contributed by atoms with Crippen molar-refractivity contribution in [2.75, 3.05) is 4.90 Å². The van der Waals surface area contributed by atoms with Crippen molar-refractivity contribution < 1.29 is 4.42 Å². The molecule has 0 aliphatic carbocycles. The summed E-state index contributed by atoms with van der Waals surface area (Å²) in [5.74, 6) is 0. The summed E-state index contributed by atoms with van der Waals surface area (Å²) in [5.41, 5.74) is 13.4. The number of fused-ring (bicyclic) bond motifs is 7. The second-order valence-corrected chi connectivity index (χ2v) is 15.0. The Bertz CT molecular complexity index is 3280. The lowest BCUT2D eigenvalue weighted by atomic mass is 9.96. The number of hydrogen-bond donors (Lipinski definition) is 0. The van der Waals surface area contributed by atoms with Crippen LogP contribution in [-0.2, 0) is 0 Å². The molecule has 0 radical (unpaired) electrons. The molecule has 2 heteroatoms. The van der Waals surface area contributed by atoms with E-state index in [1.807, 2.05) is 12.1 Å². The maximum atomic E-state index is 6.43. The van der Waals surface area contributed by atoms with Gasteiger partial charge in [-0.3, -0.25) is 0 Å². The van der Waals surface area contributed by atoms with E-state index in [4.69, 9.17) is 4.42 Å². The fourth-order valence-electron chi connectivity index (χ4n) is 8.75.